The summed E-state index contributed by atoms with van der Waals surface area (Å²) < 4.78 is 56.9. The highest BCUT2D eigenvalue weighted by atomic mass is 31.2. The van der Waals surface area contributed by atoms with E-state index >= 15 is 0 Å². The number of aliphatic hydroxyl groups excluding tert-OH is 2. The molecule has 0 radical (unpaired) electrons. The van der Waals surface area contributed by atoms with Gasteiger partial charge in [0, 0.05) is 6.61 Å². The number of phosphoric ester groups is 1. The van der Waals surface area contributed by atoms with E-state index in [1.54, 1.807) is 31.2 Å². The number of ether oxygens (including phenoxy) is 3. The number of unbranched alkanes of at least 4 members (excludes halogenated alkanes) is 15. The molecule has 1 saturated heterocycles. The van der Waals surface area contributed by atoms with Gasteiger partial charge in [-0.25, -0.2) is 18.5 Å². The van der Waals surface area contributed by atoms with Crippen LogP contribution in [0.15, 0.2) is 36.7 Å². The molecule has 4 rings (SSSR count). The third-order valence-corrected chi connectivity index (χ3v) is 11.5. The molecule has 1 aromatic carbocycles. The van der Waals surface area contributed by atoms with Crippen LogP contribution in [0.5, 0.6) is 0 Å². The van der Waals surface area contributed by atoms with Gasteiger partial charge in [0.2, 0.25) is 0 Å². The predicted molar refractivity (Wildman–Crippen MR) is 213 cm³/mol. The molecule has 2 aromatic heterocycles. The number of nitrogens with two attached hydrogens (primary N) is 1. The number of phosphoric acid groups is 1. The van der Waals surface area contributed by atoms with Crippen molar-refractivity contribution in [3.63, 3.8) is 0 Å². The summed E-state index contributed by atoms with van der Waals surface area (Å²) in [6, 6.07) is 9.18. The Morgan fingerprint density at radius 2 is 1.60 bits per heavy atom. The van der Waals surface area contributed by atoms with Gasteiger partial charge in [-0.05, 0) is 43.2 Å². The Bertz CT molecular complexity index is 1730. The van der Waals surface area contributed by atoms with Gasteiger partial charge in [-0.3, -0.25) is 9.05 Å². The summed E-state index contributed by atoms with van der Waals surface area (Å²) in [5, 5.41) is 35.0. The Morgan fingerprint density at radius 1 is 0.965 bits per heavy atom. The van der Waals surface area contributed by atoms with Crippen molar-refractivity contribution in [3.8, 4) is 6.07 Å². The molecule has 2 unspecified atom stereocenters. The summed E-state index contributed by atoms with van der Waals surface area (Å²) in [7, 11) is -4.73. The van der Waals surface area contributed by atoms with Crippen LogP contribution in [0.1, 0.15) is 133 Å². The third kappa shape index (κ3) is 14.6. The number of aliphatic hydroxyl groups is 2. The van der Waals surface area contributed by atoms with Crippen molar-refractivity contribution in [1.82, 2.24) is 14.6 Å². The quantitative estimate of drug-likeness (QED) is 0.0393. The smallest absolute Gasteiger partial charge is 0.387 e. The summed E-state index contributed by atoms with van der Waals surface area (Å²) in [5.41, 5.74) is 5.68. The first-order chi connectivity index (χ1) is 27.5. The summed E-state index contributed by atoms with van der Waals surface area (Å²) in [5.74, 6) is -0.470. The average Bonchev–Trinajstić information content (AvgIpc) is 3.74. The highest BCUT2D eigenvalue weighted by Gasteiger charge is 2.54. The molecular weight excluding hydrogens is 756 g/mol. The molecule has 0 amide bonds. The first-order valence-corrected chi connectivity index (χ1v) is 22.1. The van der Waals surface area contributed by atoms with Crippen molar-refractivity contribution in [2.75, 3.05) is 32.2 Å². The largest absolute Gasteiger partial charge is 0.472 e. The zero-order valence-corrected chi connectivity index (χ0v) is 34.5. The van der Waals surface area contributed by atoms with Gasteiger partial charge in [-0.1, -0.05) is 109 Å². The number of aromatic nitrogens is 3. The van der Waals surface area contributed by atoms with E-state index in [1.165, 1.54) is 106 Å². The van der Waals surface area contributed by atoms with Crippen LogP contribution >= 0.6 is 7.82 Å². The van der Waals surface area contributed by atoms with E-state index in [1.807, 2.05) is 0 Å². The fourth-order valence-corrected chi connectivity index (χ4v) is 7.87. The topological polar surface area (TPSA) is 204 Å². The maximum Gasteiger partial charge on any atom is 0.472 e. The van der Waals surface area contributed by atoms with E-state index in [0.29, 0.717) is 23.4 Å². The molecule has 0 aliphatic carbocycles. The Kier molecular flexibility index (Phi) is 19.8. The van der Waals surface area contributed by atoms with E-state index in [4.69, 9.17) is 34.3 Å². The van der Waals surface area contributed by atoms with Gasteiger partial charge in [0.15, 0.2) is 5.82 Å². The lowest BCUT2D eigenvalue weighted by molar-refractivity contribution is -0.0901. The lowest BCUT2D eigenvalue weighted by atomic mass is 9.93. The minimum Gasteiger partial charge on any atom is -0.387 e. The number of anilines is 1. The van der Waals surface area contributed by atoms with E-state index < -0.39 is 56.9 Å². The fraction of sp³-hybridized carbons (Fsp3) is 0.683. The molecule has 0 spiro atoms. The molecule has 1 fully saturated rings. The molecule has 1 aliphatic rings. The van der Waals surface area contributed by atoms with Gasteiger partial charge in [-0.2, -0.15) is 10.4 Å². The summed E-state index contributed by atoms with van der Waals surface area (Å²) in [6.07, 6.45) is 16.5. The highest BCUT2D eigenvalue weighted by molar-refractivity contribution is 7.47. The van der Waals surface area contributed by atoms with E-state index in [0.717, 1.165) is 19.3 Å². The molecule has 14 nitrogen and oxygen atoms in total. The van der Waals surface area contributed by atoms with E-state index in [9.17, 15) is 24.1 Å². The lowest BCUT2D eigenvalue weighted by Crippen LogP contribution is -2.39. The van der Waals surface area contributed by atoms with Gasteiger partial charge in [0.05, 0.1) is 37.7 Å². The minimum absolute atomic E-state index is 0.0336. The van der Waals surface area contributed by atoms with Crippen LogP contribution in [0.4, 0.5) is 10.2 Å². The zero-order chi connectivity index (χ0) is 41.1. The molecule has 3 aromatic rings. The molecule has 1 aliphatic heterocycles. The minimum atomic E-state index is -4.73. The molecule has 57 heavy (non-hydrogen) atoms. The van der Waals surface area contributed by atoms with Crippen LogP contribution in [0.25, 0.3) is 5.52 Å². The first kappa shape index (κ1) is 46.7. The summed E-state index contributed by atoms with van der Waals surface area (Å²) in [4.78, 5) is 14.5. The van der Waals surface area contributed by atoms with Crippen molar-refractivity contribution in [1.29, 1.82) is 5.26 Å². The lowest BCUT2D eigenvalue weighted by Gasteiger charge is -2.27. The van der Waals surface area contributed by atoms with Crippen molar-refractivity contribution in [3.05, 3.63) is 59.3 Å². The SMILES string of the molecule is CCCCCCCCCCCCCCCCCCOC[C@H](COP(=O)(O)OCC1O[C@@](C)(c2ccc3c(N)ncnn23)[C@H](O)[C@@H]1O)OCc1ccc(C#N)c(F)c1. The number of fused-ring (bicyclic) bond motifs is 1. The first-order valence-electron chi connectivity index (χ1n) is 20.6. The van der Waals surface area contributed by atoms with E-state index in [2.05, 4.69) is 17.0 Å². The Morgan fingerprint density at radius 3 is 2.21 bits per heavy atom. The van der Waals surface area contributed by atoms with Gasteiger partial charge >= 0.3 is 7.82 Å². The van der Waals surface area contributed by atoms with Gasteiger partial charge in [0.25, 0.3) is 0 Å². The van der Waals surface area contributed by atoms with Crippen molar-refractivity contribution in [2.24, 2.45) is 0 Å². The van der Waals surface area contributed by atoms with Crippen LogP contribution in [-0.4, -0.2) is 80.5 Å². The summed E-state index contributed by atoms with van der Waals surface area (Å²) >= 11 is 0. The standard InChI is InChI=1S/C41H63FN5O9P/c1-3-4-5-6-7-8-9-10-11-12-13-14-15-16-17-18-23-52-27-33(53-26-31-19-20-32(25-43)34(42)24-31)28-54-57(50,51)55-29-36-38(48)39(49)41(2,56-36)37-22-21-35-40(44)45-30-46-47(35)37/h19-22,24,30,33,36,38-39,48-49H,3-18,23,26-29H2,1-2H3,(H,50,51)(H2,44,45,46)/t33-,36?,38-,39-,41+/m1/s1. The fourth-order valence-electron chi connectivity index (χ4n) is 7.10. The monoisotopic (exact) mass is 819 g/mol. The maximum atomic E-state index is 14.2. The van der Waals surface area contributed by atoms with E-state index in [-0.39, 0.29) is 24.6 Å². The highest BCUT2D eigenvalue weighted by Crippen LogP contribution is 2.46. The molecule has 318 valence electrons. The number of rotatable bonds is 29. The van der Waals surface area contributed by atoms with Crippen molar-refractivity contribution < 1.29 is 47.3 Å². The Labute approximate surface area is 336 Å². The second-order valence-corrected chi connectivity index (χ2v) is 16.6. The maximum absolute atomic E-state index is 14.2. The predicted octanol–water partition coefficient (Wildman–Crippen LogP) is 7.66. The normalized spacial score (nSPS) is 21.2. The second-order valence-electron chi connectivity index (χ2n) is 15.2. The Hall–Kier alpha value is -3.03. The second kappa shape index (κ2) is 24.1. The number of benzene rings is 1. The molecular formula is C41H63FN5O9P. The van der Waals surface area contributed by atoms with Crippen LogP contribution in [0.3, 0.4) is 0 Å². The van der Waals surface area contributed by atoms with Gasteiger partial charge in [-0.15, -0.1) is 0 Å². The number of nitrogens with zero attached hydrogens (tertiary/aromatic N) is 4. The van der Waals surface area contributed by atoms with Gasteiger partial charge in [0.1, 0.15) is 53.7 Å². The van der Waals surface area contributed by atoms with Crippen molar-refractivity contribution >= 4 is 19.2 Å². The average molecular weight is 820 g/mol. The zero-order valence-electron chi connectivity index (χ0n) is 33.6. The molecule has 5 N–H and O–H groups in total. The number of hydrogen-bond donors (Lipinski definition) is 4. The van der Waals surface area contributed by atoms with Crippen LogP contribution in [0, 0.1) is 17.1 Å². The molecule has 6 atom stereocenters. The Balaban J connectivity index is 1.18. The number of nitriles is 1. The van der Waals surface area contributed by atoms with Crippen molar-refractivity contribution in [2.45, 2.75) is 153 Å². The molecule has 3 heterocycles. The summed E-state index contributed by atoms with van der Waals surface area (Å²) in [6.45, 7) is 3.24. The van der Waals surface area contributed by atoms with Gasteiger partial charge < -0.3 is 35.1 Å². The molecule has 0 saturated carbocycles. The molecule has 16 heteroatoms. The number of hydrogen-bond acceptors (Lipinski definition) is 12. The molecule has 0 bridgehead atoms. The van der Waals surface area contributed by atoms with Crippen LogP contribution in [0.2, 0.25) is 0 Å². The number of nitrogen functional groups attached to an aromatic ring is 1. The van der Waals surface area contributed by atoms with Crippen LogP contribution < -0.4 is 5.73 Å². The third-order valence-electron chi connectivity index (χ3n) is 10.6. The number of halogens is 1. The van der Waals surface area contributed by atoms with Crippen LogP contribution in [-0.2, 0) is 40.0 Å².